The summed E-state index contributed by atoms with van der Waals surface area (Å²) in [6.07, 6.45) is 0. The summed E-state index contributed by atoms with van der Waals surface area (Å²) < 4.78 is 5.44. The highest BCUT2D eigenvalue weighted by molar-refractivity contribution is 5.85. The lowest BCUT2D eigenvalue weighted by molar-refractivity contribution is -0.134. The van der Waals surface area contributed by atoms with Crippen LogP contribution in [0, 0.1) is 0 Å². The lowest BCUT2D eigenvalue weighted by Gasteiger charge is -2.35. The summed E-state index contributed by atoms with van der Waals surface area (Å²) >= 11 is 0. The van der Waals surface area contributed by atoms with Crippen LogP contribution >= 0.6 is 12.4 Å². The maximum atomic E-state index is 11.8. The first-order valence-electron chi connectivity index (χ1n) is 7.58. The van der Waals surface area contributed by atoms with Crippen LogP contribution in [0.4, 0.5) is 0 Å². The molecule has 124 valence electrons. The van der Waals surface area contributed by atoms with Crippen LogP contribution in [0.1, 0.15) is 19.4 Å². The molecule has 1 heterocycles. The van der Waals surface area contributed by atoms with Crippen molar-refractivity contribution < 1.29 is 9.53 Å². The SMILES string of the molecule is CCOc1ccc(CN2CCN(C(=O)C(C)N)CC2)cc1.Cl. The number of nitrogens with zero attached hydrogens (tertiary/aromatic N) is 2. The Bertz CT molecular complexity index is 457. The molecule has 2 N–H and O–H groups in total. The van der Waals surface area contributed by atoms with Crippen molar-refractivity contribution in [3.05, 3.63) is 29.8 Å². The van der Waals surface area contributed by atoms with Gasteiger partial charge in [0.05, 0.1) is 12.6 Å². The van der Waals surface area contributed by atoms with Crippen LogP contribution in [0.25, 0.3) is 0 Å². The fraction of sp³-hybridized carbons (Fsp3) is 0.562. The van der Waals surface area contributed by atoms with E-state index in [2.05, 4.69) is 17.0 Å². The normalized spacial score (nSPS) is 16.8. The molecule has 1 saturated heterocycles. The Kier molecular flexibility index (Phi) is 7.65. The van der Waals surface area contributed by atoms with Crippen LogP contribution in [-0.4, -0.2) is 54.5 Å². The van der Waals surface area contributed by atoms with Gasteiger partial charge in [0.15, 0.2) is 0 Å². The number of halogens is 1. The van der Waals surface area contributed by atoms with Gasteiger partial charge in [-0.3, -0.25) is 9.69 Å². The molecule has 0 radical (unpaired) electrons. The van der Waals surface area contributed by atoms with Crippen molar-refractivity contribution in [3.63, 3.8) is 0 Å². The second kappa shape index (κ2) is 8.98. The topological polar surface area (TPSA) is 58.8 Å². The summed E-state index contributed by atoms with van der Waals surface area (Å²) in [4.78, 5) is 16.1. The molecule has 1 fully saturated rings. The number of piperazine rings is 1. The molecular weight excluding hydrogens is 302 g/mol. The Morgan fingerprint density at radius 2 is 1.82 bits per heavy atom. The van der Waals surface area contributed by atoms with Crippen LogP contribution in [0.15, 0.2) is 24.3 Å². The zero-order chi connectivity index (χ0) is 15.2. The summed E-state index contributed by atoms with van der Waals surface area (Å²) in [6.45, 7) is 8.64. The number of carbonyl (C=O) groups is 1. The summed E-state index contributed by atoms with van der Waals surface area (Å²) in [6, 6.07) is 7.82. The second-order valence-corrected chi connectivity index (χ2v) is 5.47. The van der Waals surface area contributed by atoms with Crippen molar-refractivity contribution in [2.24, 2.45) is 5.73 Å². The first-order chi connectivity index (χ1) is 10.1. The van der Waals surface area contributed by atoms with Gasteiger partial charge in [-0.15, -0.1) is 12.4 Å². The molecule has 1 aromatic carbocycles. The zero-order valence-electron chi connectivity index (χ0n) is 13.3. The molecule has 0 saturated carbocycles. The van der Waals surface area contributed by atoms with Crippen LogP contribution < -0.4 is 10.5 Å². The van der Waals surface area contributed by atoms with Gasteiger partial charge in [0.1, 0.15) is 5.75 Å². The number of amides is 1. The molecule has 2 rings (SSSR count). The molecule has 1 atom stereocenters. The number of nitrogens with two attached hydrogens (primary N) is 1. The van der Waals surface area contributed by atoms with Crippen LogP contribution in [0.3, 0.4) is 0 Å². The van der Waals surface area contributed by atoms with E-state index in [4.69, 9.17) is 10.5 Å². The van der Waals surface area contributed by atoms with E-state index in [0.29, 0.717) is 6.61 Å². The van der Waals surface area contributed by atoms with E-state index in [0.717, 1.165) is 38.5 Å². The fourth-order valence-electron chi connectivity index (χ4n) is 2.53. The Morgan fingerprint density at radius 1 is 1.23 bits per heavy atom. The molecule has 0 bridgehead atoms. The van der Waals surface area contributed by atoms with E-state index in [9.17, 15) is 4.79 Å². The lowest BCUT2D eigenvalue weighted by atomic mass is 10.2. The number of rotatable bonds is 5. The molecule has 0 aromatic heterocycles. The first kappa shape index (κ1) is 18.7. The Hall–Kier alpha value is -1.30. The van der Waals surface area contributed by atoms with Crippen molar-refractivity contribution in [1.82, 2.24) is 9.80 Å². The maximum absolute atomic E-state index is 11.8. The van der Waals surface area contributed by atoms with Crippen LogP contribution in [-0.2, 0) is 11.3 Å². The maximum Gasteiger partial charge on any atom is 0.239 e. The number of benzene rings is 1. The smallest absolute Gasteiger partial charge is 0.239 e. The Labute approximate surface area is 138 Å². The van der Waals surface area contributed by atoms with Gasteiger partial charge >= 0.3 is 0 Å². The first-order valence-corrected chi connectivity index (χ1v) is 7.58. The quantitative estimate of drug-likeness (QED) is 0.890. The van der Waals surface area contributed by atoms with E-state index >= 15 is 0 Å². The highest BCUT2D eigenvalue weighted by Crippen LogP contribution is 2.14. The Morgan fingerprint density at radius 3 is 2.32 bits per heavy atom. The fourth-order valence-corrected chi connectivity index (χ4v) is 2.53. The van der Waals surface area contributed by atoms with E-state index in [1.165, 1.54) is 5.56 Å². The van der Waals surface area contributed by atoms with Gasteiger partial charge in [0.2, 0.25) is 5.91 Å². The van der Waals surface area contributed by atoms with Crippen molar-refractivity contribution in [2.45, 2.75) is 26.4 Å². The van der Waals surface area contributed by atoms with Gasteiger partial charge in [0, 0.05) is 32.7 Å². The second-order valence-electron chi connectivity index (χ2n) is 5.47. The van der Waals surface area contributed by atoms with Crippen LogP contribution in [0.2, 0.25) is 0 Å². The molecule has 1 unspecified atom stereocenters. The van der Waals surface area contributed by atoms with Crippen molar-refractivity contribution in [2.75, 3.05) is 32.8 Å². The summed E-state index contributed by atoms with van der Waals surface area (Å²) in [5.74, 6) is 0.962. The van der Waals surface area contributed by atoms with E-state index in [-0.39, 0.29) is 18.3 Å². The molecule has 1 aromatic rings. The van der Waals surface area contributed by atoms with Crippen molar-refractivity contribution in [1.29, 1.82) is 0 Å². The molecule has 0 aliphatic carbocycles. The van der Waals surface area contributed by atoms with Crippen LogP contribution in [0.5, 0.6) is 5.75 Å². The highest BCUT2D eigenvalue weighted by atomic mass is 35.5. The third-order valence-corrected chi connectivity index (χ3v) is 3.71. The Balaban J connectivity index is 0.00000242. The monoisotopic (exact) mass is 327 g/mol. The minimum atomic E-state index is -0.400. The molecule has 1 aliphatic heterocycles. The van der Waals surface area contributed by atoms with E-state index < -0.39 is 6.04 Å². The predicted molar refractivity (Wildman–Crippen MR) is 90.4 cm³/mol. The number of hydrogen-bond acceptors (Lipinski definition) is 4. The third kappa shape index (κ3) is 5.16. The number of ether oxygens (including phenoxy) is 1. The van der Waals surface area contributed by atoms with E-state index in [1.54, 1.807) is 6.92 Å². The average molecular weight is 328 g/mol. The molecule has 5 nitrogen and oxygen atoms in total. The molecule has 22 heavy (non-hydrogen) atoms. The predicted octanol–water partition coefficient (Wildman–Crippen LogP) is 1.50. The molecule has 6 heteroatoms. The lowest BCUT2D eigenvalue weighted by Crippen LogP contribution is -2.52. The summed E-state index contributed by atoms with van der Waals surface area (Å²) in [5, 5.41) is 0. The molecule has 1 aliphatic rings. The summed E-state index contributed by atoms with van der Waals surface area (Å²) in [5.41, 5.74) is 6.92. The van der Waals surface area contributed by atoms with Gasteiger partial charge in [-0.05, 0) is 31.5 Å². The van der Waals surface area contributed by atoms with Gasteiger partial charge < -0.3 is 15.4 Å². The van der Waals surface area contributed by atoms with Gasteiger partial charge in [-0.1, -0.05) is 12.1 Å². The van der Waals surface area contributed by atoms with Crippen molar-refractivity contribution in [3.8, 4) is 5.75 Å². The standard InChI is InChI=1S/C16H25N3O2.ClH/c1-3-21-15-6-4-14(5-7-15)12-18-8-10-19(11-9-18)16(20)13(2)17;/h4-7,13H,3,8-12,17H2,1-2H3;1H. The number of carbonyl (C=O) groups excluding carboxylic acids is 1. The molecule has 1 amide bonds. The third-order valence-electron chi connectivity index (χ3n) is 3.71. The largest absolute Gasteiger partial charge is 0.494 e. The van der Waals surface area contributed by atoms with Gasteiger partial charge in [-0.2, -0.15) is 0 Å². The average Bonchev–Trinajstić information content (AvgIpc) is 2.49. The van der Waals surface area contributed by atoms with E-state index in [1.807, 2.05) is 24.0 Å². The zero-order valence-corrected chi connectivity index (χ0v) is 14.1. The van der Waals surface area contributed by atoms with Gasteiger partial charge in [-0.25, -0.2) is 0 Å². The minimum absolute atomic E-state index is 0. The van der Waals surface area contributed by atoms with Crippen molar-refractivity contribution >= 4 is 18.3 Å². The minimum Gasteiger partial charge on any atom is -0.494 e. The summed E-state index contributed by atoms with van der Waals surface area (Å²) in [7, 11) is 0. The highest BCUT2D eigenvalue weighted by Gasteiger charge is 2.22. The molecule has 0 spiro atoms. The van der Waals surface area contributed by atoms with Gasteiger partial charge in [0.25, 0.3) is 0 Å². The number of hydrogen-bond donors (Lipinski definition) is 1. The molecular formula is C16H26ClN3O2.